The van der Waals surface area contributed by atoms with Gasteiger partial charge in [0.15, 0.2) is 5.16 Å². The number of nitrogens with one attached hydrogen (secondary N) is 1. The van der Waals surface area contributed by atoms with Crippen molar-refractivity contribution in [2.45, 2.75) is 57.1 Å². The summed E-state index contributed by atoms with van der Waals surface area (Å²) in [6, 6.07) is 1.58. The van der Waals surface area contributed by atoms with E-state index in [-0.39, 0.29) is 23.6 Å². The third-order valence-corrected chi connectivity index (χ3v) is 6.96. The molecule has 30 heavy (non-hydrogen) atoms. The maximum Gasteiger partial charge on any atom is 0.316 e. The molecule has 1 aliphatic carbocycles. The van der Waals surface area contributed by atoms with Crippen LogP contribution in [-0.4, -0.2) is 39.0 Å². The molecule has 11 heteroatoms. The first-order valence-corrected chi connectivity index (χ1v) is 11.6. The molecule has 2 aromatic rings. The van der Waals surface area contributed by atoms with Crippen molar-refractivity contribution in [3.63, 3.8) is 0 Å². The van der Waals surface area contributed by atoms with Gasteiger partial charge in [-0.3, -0.25) is 14.2 Å². The van der Waals surface area contributed by atoms with Crippen molar-refractivity contribution in [3.8, 4) is 6.07 Å². The van der Waals surface area contributed by atoms with Crippen LogP contribution in [0.25, 0.3) is 0 Å². The number of ether oxygens (including phenoxy) is 1. The highest BCUT2D eigenvalue weighted by Crippen LogP contribution is 2.38. The summed E-state index contributed by atoms with van der Waals surface area (Å²) >= 11 is 2.59. The number of hydrogen-bond acceptors (Lipinski definition) is 9. The number of fused-ring (bicyclic) bond motifs is 1. The molecule has 1 atom stereocenters. The average Bonchev–Trinajstić information content (AvgIpc) is 3.27. The Kier molecular flexibility index (Phi) is 7.33. The summed E-state index contributed by atoms with van der Waals surface area (Å²) < 4.78 is 6.46. The second-order valence-electron chi connectivity index (χ2n) is 6.74. The van der Waals surface area contributed by atoms with Crippen LogP contribution in [0.4, 0.5) is 10.9 Å². The van der Waals surface area contributed by atoms with Gasteiger partial charge in [-0.05, 0) is 44.6 Å². The highest BCUT2D eigenvalue weighted by atomic mass is 32.2. The lowest BCUT2D eigenvalue weighted by Crippen LogP contribution is -2.27. The number of hydrogen-bond donors (Lipinski definition) is 2. The smallest absolute Gasteiger partial charge is 0.316 e. The van der Waals surface area contributed by atoms with Crippen molar-refractivity contribution in [1.82, 2.24) is 14.8 Å². The molecule has 1 unspecified atom stereocenters. The van der Waals surface area contributed by atoms with Gasteiger partial charge in [-0.25, -0.2) is 0 Å². The van der Waals surface area contributed by atoms with E-state index < -0.39 is 6.04 Å². The Morgan fingerprint density at radius 1 is 1.37 bits per heavy atom. The van der Waals surface area contributed by atoms with E-state index in [2.05, 4.69) is 21.6 Å². The number of amides is 1. The molecule has 0 aliphatic heterocycles. The predicted molar refractivity (Wildman–Crippen MR) is 115 cm³/mol. The molecule has 9 nitrogen and oxygen atoms in total. The Bertz CT molecular complexity index is 978. The summed E-state index contributed by atoms with van der Waals surface area (Å²) in [4.78, 5) is 26.0. The Morgan fingerprint density at radius 2 is 2.13 bits per heavy atom. The number of rotatable bonds is 8. The van der Waals surface area contributed by atoms with Crippen molar-refractivity contribution in [3.05, 3.63) is 16.0 Å². The van der Waals surface area contributed by atoms with E-state index in [4.69, 9.17) is 10.5 Å². The Balaban J connectivity index is 1.81. The summed E-state index contributed by atoms with van der Waals surface area (Å²) in [5, 5.41) is 21.4. The van der Waals surface area contributed by atoms with Gasteiger partial charge >= 0.3 is 5.97 Å². The maximum absolute atomic E-state index is 13.1. The van der Waals surface area contributed by atoms with Gasteiger partial charge in [0.1, 0.15) is 17.1 Å². The lowest BCUT2D eigenvalue weighted by molar-refractivity contribution is -0.139. The molecule has 0 bridgehead atoms. The normalized spacial score (nSPS) is 13.9. The van der Waals surface area contributed by atoms with Gasteiger partial charge in [-0.15, -0.1) is 21.5 Å². The number of thiophene rings is 1. The zero-order valence-corrected chi connectivity index (χ0v) is 18.6. The highest BCUT2D eigenvalue weighted by Gasteiger charge is 2.28. The van der Waals surface area contributed by atoms with Crippen LogP contribution < -0.4 is 11.1 Å². The monoisotopic (exact) mass is 448 g/mol. The molecule has 0 saturated carbocycles. The van der Waals surface area contributed by atoms with E-state index in [0.29, 0.717) is 28.7 Å². The minimum absolute atomic E-state index is 0.0419. The molecule has 3 N–H and O–H groups in total. The molecule has 0 spiro atoms. The quantitative estimate of drug-likeness (QED) is 0.465. The number of nitrogens with zero attached hydrogens (tertiary/aromatic N) is 4. The number of nitriles is 1. The average molecular weight is 449 g/mol. The minimum atomic E-state index is -0.671. The van der Waals surface area contributed by atoms with Crippen LogP contribution in [0.5, 0.6) is 0 Å². The Morgan fingerprint density at radius 3 is 2.83 bits per heavy atom. The van der Waals surface area contributed by atoms with Gasteiger partial charge in [0.2, 0.25) is 11.9 Å². The molecule has 1 aliphatic rings. The fourth-order valence-corrected chi connectivity index (χ4v) is 5.49. The van der Waals surface area contributed by atoms with E-state index in [1.54, 1.807) is 6.92 Å². The summed E-state index contributed by atoms with van der Waals surface area (Å²) in [7, 11) is 0. The minimum Gasteiger partial charge on any atom is -0.465 e. The molecule has 160 valence electrons. The SMILES string of the molecule is CCOC(=O)CSc1nnc(N)n1C(CC)C(=O)Nc1sc2c(c1C#N)CCCC2. The molecular weight excluding hydrogens is 424 g/mol. The van der Waals surface area contributed by atoms with Crippen molar-refractivity contribution in [2.24, 2.45) is 0 Å². The highest BCUT2D eigenvalue weighted by molar-refractivity contribution is 7.99. The number of thioether (sulfide) groups is 1. The summed E-state index contributed by atoms with van der Waals surface area (Å²) in [6.07, 6.45) is 4.40. The standard InChI is InChI=1S/C19H24N6O3S2/c1-3-13(25-18(21)23-24-19(25)29-10-15(26)28-4-2)16(27)22-17-12(9-20)11-7-5-6-8-14(11)30-17/h13H,3-8,10H2,1-2H3,(H2,21,23)(H,22,27). The topological polar surface area (TPSA) is 136 Å². The summed E-state index contributed by atoms with van der Waals surface area (Å²) in [5.41, 5.74) is 7.60. The number of anilines is 2. The fourth-order valence-electron chi connectivity index (χ4n) is 3.46. The molecule has 0 fully saturated rings. The molecule has 1 amide bonds. The molecular formula is C19H24N6O3S2. The predicted octanol–water partition coefficient (Wildman–Crippen LogP) is 2.92. The van der Waals surface area contributed by atoms with Crippen molar-refractivity contribution in [1.29, 1.82) is 5.26 Å². The molecule has 2 heterocycles. The van der Waals surface area contributed by atoms with Crippen molar-refractivity contribution in [2.75, 3.05) is 23.4 Å². The Labute approximate surface area is 183 Å². The van der Waals surface area contributed by atoms with Gasteiger partial charge in [0.05, 0.1) is 17.9 Å². The van der Waals surface area contributed by atoms with E-state index in [1.807, 2.05) is 6.92 Å². The first-order valence-electron chi connectivity index (χ1n) is 9.84. The van der Waals surface area contributed by atoms with Crippen LogP contribution >= 0.6 is 23.1 Å². The number of carbonyl (C=O) groups excluding carboxylic acids is 2. The number of nitrogens with two attached hydrogens (primary N) is 1. The lowest BCUT2D eigenvalue weighted by atomic mass is 9.96. The molecule has 0 radical (unpaired) electrons. The third-order valence-electron chi connectivity index (χ3n) is 4.84. The van der Waals surface area contributed by atoms with Crippen LogP contribution in [0, 0.1) is 11.3 Å². The van der Waals surface area contributed by atoms with E-state index in [9.17, 15) is 14.9 Å². The maximum atomic E-state index is 13.1. The van der Waals surface area contributed by atoms with Crippen molar-refractivity contribution >= 4 is 45.9 Å². The molecule has 2 aromatic heterocycles. The number of esters is 1. The van der Waals surface area contributed by atoms with E-state index in [0.717, 1.165) is 43.0 Å². The second kappa shape index (κ2) is 9.95. The molecule has 0 saturated heterocycles. The lowest BCUT2D eigenvalue weighted by Gasteiger charge is -2.18. The van der Waals surface area contributed by atoms with Crippen LogP contribution in [0.15, 0.2) is 5.16 Å². The van der Waals surface area contributed by atoms with Gasteiger partial charge in [-0.2, -0.15) is 5.26 Å². The van der Waals surface area contributed by atoms with Gasteiger partial charge in [-0.1, -0.05) is 18.7 Å². The van der Waals surface area contributed by atoms with E-state index >= 15 is 0 Å². The number of nitrogen functional groups attached to an aromatic ring is 1. The largest absolute Gasteiger partial charge is 0.465 e. The van der Waals surface area contributed by atoms with Crippen LogP contribution in [-0.2, 0) is 27.2 Å². The summed E-state index contributed by atoms with van der Waals surface area (Å²) in [5.74, 6) is -0.539. The van der Waals surface area contributed by atoms with Crippen LogP contribution in [0.2, 0.25) is 0 Å². The van der Waals surface area contributed by atoms with Gasteiger partial charge in [0.25, 0.3) is 0 Å². The number of aryl methyl sites for hydroxylation is 1. The van der Waals surface area contributed by atoms with Gasteiger partial charge in [0, 0.05) is 4.88 Å². The Hall–Kier alpha value is -2.58. The summed E-state index contributed by atoms with van der Waals surface area (Å²) in [6.45, 7) is 3.88. The zero-order valence-electron chi connectivity index (χ0n) is 16.9. The molecule has 0 aromatic carbocycles. The zero-order chi connectivity index (χ0) is 21.7. The van der Waals surface area contributed by atoms with E-state index in [1.165, 1.54) is 20.8 Å². The first kappa shape index (κ1) is 22.1. The molecule has 3 rings (SSSR count). The van der Waals surface area contributed by atoms with Crippen molar-refractivity contribution < 1.29 is 14.3 Å². The second-order valence-corrected chi connectivity index (χ2v) is 8.79. The first-order chi connectivity index (χ1) is 14.5. The van der Waals surface area contributed by atoms with Crippen LogP contribution in [0.3, 0.4) is 0 Å². The fraction of sp³-hybridized carbons (Fsp3) is 0.526. The van der Waals surface area contributed by atoms with Crippen LogP contribution in [0.1, 0.15) is 55.2 Å². The third kappa shape index (κ3) is 4.60. The van der Waals surface area contributed by atoms with Gasteiger partial charge < -0.3 is 15.8 Å². The number of aromatic nitrogens is 3. The number of carbonyl (C=O) groups is 2.